The third-order valence-electron chi connectivity index (χ3n) is 5.60. The number of carbonyl (C=O) groups is 5. The van der Waals surface area contributed by atoms with E-state index >= 15 is 0 Å². The Kier molecular flexibility index (Phi) is 6.14. The van der Waals surface area contributed by atoms with Crippen LogP contribution in [0.1, 0.15) is 46.1 Å². The van der Waals surface area contributed by atoms with Crippen molar-refractivity contribution in [1.29, 1.82) is 0 Å². The lowest BCUT2D eigenvalue weighted by Gasteiger charge is -2.29. The maximum absolute atomic E-state index is 12.8. The number of amides is 6. The largest absolute Gasteiger partial charge is 0.333 e. The highest BCUT2D eigenvalue weighted by Crippen LogP contribution is 2.33. The average molecular weight is 470 g/mol. The number of urea groups is 1. The van der Waals surface area contributed by atoms with Crippen LogP contribution in [0.15, 0.2) is 23.6 Å². The number of hydrogen-bond acceptors (Lipinski definition) is 6. The molecule has 1 aromatic carbocycles. The molecule has 4 rings (SSSR count). The van der Waals surface area contributed by atoms with Crippen molar-refractivity contribution in [3.05, 3.63) is 45.1 Å². The summed E-state index contributed by atoms with van der Waals surface area (Å²) in [7, 11) is 0. The molecule has 1 fully saturated rings. The second-order valence-corrected chi connectivity index (χ2v) is 8.93. The number of fused-ring (bicyclic) bond motifs is 1. The molecule has 4 N–H and O–H groups in total. The summed E-state index contributed by atoms with van der Waals surface area (Å²) in [6.45, 7) is 3.75. The molecule has 172 valence electrons. The Morgan fingerprint density at radius 3 is 2.73 bits per heavy atom. The standard InChI is InChI=1S/C22H23N5O5S/c1-11-3-4-13(7-16(11)24-12(2)28)25-22(32)23-8-18-14-9-27(21(31)15(14)10-33-18)17-5-6-19(29)26-20(17)30/h3-4,7,10,17H,5-6,8-9H2,1-2H3,(H,24,28)(H2,23,25,32)(H,26,29,30). The zero-order chi connectivity index (χ0) is 23.7. The van der Waals surface area contributed by atoms with Crippen LogP contribution in [0.3, 0.4) is 0 Å². The summed E-state index contributed by atoms with van der Waals surface area (Å²) in [4.78, 5) is 62.4. The Morgan fingerprint density at radius 1 is 1.21 bits per heavy atom. The zero-order valence-electron chi connectivity index (χ0n) is 18.1. The Balaban J connectivity index is 1.38. The fourth-order valence-corrected chi connectivity index (χ4v) is 4.89. The number of nitrogens with one attached hydrogen (secondary N) is 4. The number of aryl methyl sites for hydroxylation is 1. The predicted octanol–water partition coefficient (Wildman–Crippen LogP) is 2.10. The van der Waals surface area contributed by atoms with Crippen LogP contribution < -0.4 is 21.3 Å². The number of hydrogen-bond donors (Lipinski definition) is 4. The highest BCUT2D eigenvalue weighted by atomic mass is 32.1. The van der Waals surface area contributed by atoms with Crippen molar-refractivity contribution in [2.24, 2.45) is 0 Å². The molecule has 10 nitrogen and oxygen atoms in total. The fraction of sp³-hybridized carbons (Fsp3) is 0.318. The smallest absolute Gasteiger partial charge is 0.319 e. The molecule has 0 spiro atoms. The third-order valence-corrected chi connectivity index (χ3v) is 6.63. The molecule has 0 bridgehead atoms. The van der Waals surface area contributed by atoms with Gasteiger partial charge in [0, 0.05) is 41.5 Å². The van der Waals surface area contributed by atoms with Crippen LogP contribution in [0.5, 0.6) is 0 Å². The van der Waals surface area contributed by atoms with Crippen LogP contribution >= 0.6 is 11.3 Å². The summed E-state index contributed by atoms with van der Waals surface area (Å²) in [5.74, 6) is -1.22. The van der Waals surface area contributed by atoms with E-state index in [1.807, 2.05) is 6.92 Å². The van der Waals surface area contributed by atoms with E-state index in [1.54, 1.807) is 23.6 Å². The summed E-state index contributed by atoms with van der Waals surface area (Å²) >= 11 is 1.37. The second-order valence-electron chi connectivity index (χ2n) is 7.97. The molecule has 0 radical (unpaired) electrons. The number of anilines is 2. The Morgan fingerprint density at radius 2 is 2.00 bits per heavy atom. The van der Waals surface area contributed by atoms with Crippen LogP contribution in [0.2, 0.25) is 0 Å². The number of carbonyl (C=O) groups excluding carboxylic acids is 5. The van der Waals surface area contributed by atoms with Crippen molar-refractivity contribution in [1.82, 2.24) is 15.5 Å². The van der Waals surface area contributed by atoms with Gasteiger partial charge >= 0.3 is 6.03 Å². The van der Waals surface area contributed by atoms with Gasteiger partial charge in [0.25, 0.3) is 5.91 Å². The van der Waals surface area contributed by atoms with Crippen LogP contribution in [-0.2, 0) is 27.5 Å². The Bertz CT molecular complexity index is 1170. The molecule has 2 aliphatic heterocycles. The van der Waals surface area contributed by atoms with Gasteiger partial charge in [-0.05, 0) is 36.6 Å². The molecular formula is C22H23N5O5S. The normalized spacial score (nSPS) is 17.5. The minimum atomic E-state index is -0.670. The van der Waals surface area contributed by atoms with Gasteiger partial charge in [-0.15, -0.1) is 11.3 Å². The van der Waals surface area contributed by atoms with E-state index in [0.29, 0.717) is 23.4 Å². The van der Waals surface area contributed by atoms with Gasteiger partial charge in [0.05, 0.1) is 12.1 Å². The molecule has 0 saturated carbocycles. The summed E-state index contributed by atoms with van der Waals surface area (Å²) < 4.78 is 0. The van der Waals surface area contributed by atoms with Crippen molar-refractivity contribution in [3.63, 3.8) is 0 Å². The first-order chi connectivity index (χ1) is 15.7. The number of nitrogens with zero attached hydrogens (tertiary/aromatic N) is 1. The van der Waals surface area contributed by atoms with Crippen molar-refractivity contribution in [2.75, 3.05) is 10.6 Å². The molecule has 6 amide bonds. The summed E-state index contributed by atoms with van der Waals surface area (Å²) in [6.07, 6.45) is 0.501. The molecule has 1 saturated heterocycles. The van der Waals surface area contributed by atoms with E-state index in [0.717, 1.165) is 16.0 Å². The molecule has 1 aromatic heterocycles. The van der Waals surface area contributed by atoms with Gasteiger partial charge < -0.3 is 20.9 Å². The molecule has 1 unspecified atom stereocenters. The number of piperidine rings is 1. The predicted molar refractivity (Wildman–Crippen MR) is 122 cm³/mol. The topological polar surface area (TPSA) is 137 Å². The number of imide groups is 1. The minimum absolute atomic E-state index is 0.199. The van der Waals surface area contributed by atoms with Gasteiger partial charge in [0.2, 0.25) is 17.7 Å². The zero-order valence-corrected chi connectivity index (χ0v) is 18.9. The maximum Gasteiger partial charge on any atom is 0.319 e. The lowest BCUT2D eigenvalue weighted by Crippen LogP contribution is -2.52. The first kappa shape index (κ1) is 22.5. The van der Waals surface area contributed by atoms with E-state index in [9.17, 15) is 24.0 Å². The monoisotopic (exact) mass is 469 g/mol. The second kappa shape index (κ2) is 9.02. The Labute approximate surface area is 193 Å². The van der Waals surface area contributed by atoms with E-state index in [2.05, 4.69) is 21.3 Å². The Hall–Kier alpha value is -3.73. The lowest BCUT2D eigenvalue weighted by atomic mass is 10.0. The third kappa shape index (κ3) is 4.72. The number of thiophene rings is 1. The quantitative estimate of drug-likeness (QED) is 0.497. The molecular weight excluding hydrogens is 446 g/mol. The van der Waals surface area contributed by atoms with Gasteiger partial charge in [-0.25, -0.2) is 4.79 Å². The SMILES string of the molecule is CC(=O)Nc1cc(NC(=O)NCc2scc3c2CN(C2CCC(=O)NC2=O)C3=O)ccc1C. The van der Waals surface area contributed by atoms with E-state index in [4.69, 9.17) is 0 Å². The van der Waals surface area contributed by atoms with Crippen molar-refractivity contribution < 1.29 is 24.0 Å². The van der Waals surface area contributed by atoms with Crippen molar-refractivity contribution in [2.45, 2.75) is 45.8 Å². The van der Waals surface area contributed by atoms with E-state index in [1.165, 1.54) is 23.2 Å². The van der Waals surface area contributed by atoms with Crippen molar-refractivity contribution >= 4 is 52.4 Å². The molecule has 2 aromatic rings. The summed E-state index contributed by atoms with van der Waals surface area (Å²) in [5.41, 5.74) is 3.33. The number of rotatable bonds is 5. The molecule has 0 aliphatic carbocycles. The minimum Gasteiger partial charge on any atom is -0.333 e. The van der Waals surface area contributed by atoms with Gasteiger partial charge in [-0.1, -0.05) is 6.07 Å². The molecule has 2 aliphatic rings. The van der Waals surface area contributed by atoms with Crippen LogP contribution in [0.4, 0.5) is 16.2 Å². The first-order valence-electron chi connectivity index (χ1n) is 10.4. The molecule has 11 heteroatoms. The molecule has 3 heterocycles. The van der Waals surface area contributed by atoms with Crippen LogP contribution in [0.25, 0.3) is 0 Å². The maximum atomic E-state index is 12.8. The van der Waals surface area contributed by atoms with Crippen LogP contribution in [-0.4, -0.2) is 40.6 Å². The summed E-state index contributed by atoms with van der Waals surface area (Å²) in [5, 5.41) is 12.2. The summed E-state index contributed by atoms with van der Waals surface area (Å²) in [6, 6.07) is 4.11. The highest BCUT2D eigenvalue weighted by molar-refractivity contribution is 7.10. The van der Waals surface area contributed by atoms with Gasteiger partial charge in [-0.2, -0.15) is 0 Å². The van der Waals surface area contributed by atoms with Crippen molar-refractivity contribution in [3.8, 4) is 0 Å². The lowest BCUT2D eigenvalue weighted by molar-refractivity contribution is -0.137. The van der Waals surface area contributed by atoms with Gasteiger partial charge in [-0.3, -0.25) is 24.5 Å². The number of benzene rings is 1. The highest BCUT2D eigenvalue weighted by Gasteiger charge is 2.40. The van der Waals surface area contributed by atoms with E-state index < -0.39 is 18.0 Å². The fourth-order valence-electron chi connectivity index (χ4n) is 3.91. The van der Waals surface area contributed by atoms with Crippen LogP contribution in [0, 0.1) is 6.92 Å². The molecule has 1 atom stereocenters. The van der Waals surface area contributed by atoms with Gasteiger partial charge in [0.15, 0.2) is 0 Å². The first-order valence-corrected chi connectivity index (χ1v) is 11.3. The van der Waals surface area contributed by atoms with E-state index in [-0.39, 0.29) is 37.2 Å². The molecule has 33 heavy (non-hydrogen) atoms. The average Bonchev–Trinajstić information content (AvgIpc) is 3.29. The van der Waals surface area contributed by atoms with Gasteiger partial charge in [0.1, 0.15) is 6.04 Å².